The summed E-state index contributed by atoms with van der Waals surface area (Å²) in [5.41, 5.74) is 2.00. The third-order valence-corrected chi connectivity index (χ3v) is 4.64. The molecule has 130 valence electrons. The molecule has 0 unspecified atom stereocenters. The third-order valence-electron chi connectivity index (χ3n) is 4.64. The van der Waals surface area contributed by atoms with Crippen LogP contribution in [-0.2, 0) is 26.6 Å². The predicted molar refractivity (Wildman–Crippen MR) is 86.5 cm³/mol. The van der Waals surface area contributed by atoms with Crippen LogP contribution in [0.1, 0.15) is 21.5 Å². The van der Waals surface area contributed by atoms with Crippen molar-refractivity contribution in [3.8, 4) is 0 Å². The van der Waals surface area contributed by atoms with E-state index in [2.05, 4.69) is 0 Å². The van der Waals surface area contributed by atoms with Gasteiger partial charge in [-0.3, -0.25) is 0 Å². The van der Waals surface area contributed by atoms with Crippen LogP contribution in [0.25, 0.3) is 0 Å². The molecule has 2 aliphatic heterocycles. The minimum atomic E-state index is -1.42. The summed E-state index contributed by atoms with van der Waals surface area (Å²) in [4.78, 5) is 12.0. The summed E-state index contributed by atoms with van der Waals surface area (Å²) < 4.78 is 16.8. The average Bonchev–Trinajstić information content (AvgIpc) is 3.15. The van der Waals surface area contributed by atoms with E-state index in [9.17, 15) is 15.0 Å². The molecule has 0 saturated carbocycles. The summed E-state index contributed by atoms with van der Waals surface area (Å²) in [6.45, 7) is 0.107. The van der Waals surface area contributed by atoms with E-state index in [1.54, 1.807) is 36.4 Å². The molecule has 6 nitrogen and oxygen atoms in total. The second-order valence-corrected chi connectivity index (χ2v) is 6.17. The molecule has 0 aromatic heterocycles. The number of benzene rings is 2. The standard InChI is InChI=1S/C19H18O6/c20-16-15(11-23-18(22)12-6-2-1-3-7-12)25-19(17(16)21)14-9-5-4-8-13(14)10-24-19/h1-9,15-17,20-21H,10-11H2/t15-,16-,17-,19-/m1/s1. The van der Waals surface area contributed by atoms with Crippen molar-refractivity contribution in [3.63, 3.8) is 0 Å². The number of esters is 1. The fourth-order valence-electron chi connectivity index (χ4n) is 3.33. The lowest BCUT2D eigenvalue weighted by Gasteiger charge is -2.27. The van der Waals surface area contributed by atoms with Crippen LogP contribution >= 0.6 is 0 Å². The molecule has 2 aromatic carbocycles. The van der Waals surface area contributed by atoms with Gasteiger partial charge in [-0.1, -0.05) is 42.5 Å². The second-order valence-electron chi connectivity index (χ2n) is 6.17. The number of ether oxygens (including phenoxy) is 3. The Balaban J connectivity index is 1.49. The third kappa shape index (κ3) is 2.63. The lowest BCUT2D eigenvalue weighted by atomic mass is 9.96. The Bertz CT molecular complexity index is 776. The Morgan fingerprint density at radius 3 is 2.64 bits per heavy atom. The van der Waals surface area contributed by atoms with Crippen LogP contribution < -0.4 is 0 Å². The van der Waals surface area contributed by atoms with Crippen molar-refractivity contribution in [2.75, 3.05) is 6.61 Å². The molecule has 0 aliphatic carbocycles. The highest BCUT2D eigenvalue weighted by Crippen LogP contribution is 2.46. The summed E-state index contributed by atoms with van der Waals surface area (Å²) >= 11 is 0. The molecule has 2 N–H and O–H groups in total. The van der Waals surface area contributed by atoms with Gasteiger partial charge < -0.3 is 24.4 Å². The maximum absolute atomic E-state index is 12.0. The predicted octanol–water partition coefficient (Wildman–Crippen LogP) is 1.35. The van der Waals surface area contributed by atoms with E-state index in [1.807, 2.05) is 18.2 Å². The summed E-state index contributed by atoms with van der Waals surface area (Å²) in [5.74, 6) is -1.93. The molecule has 1 fully saturated rings. The Morgan fingerprint density at radius 1 is 1.12 bits per heavy atom. The van der Waals surface area contributed by atoms with Crippen molar-refractivity contribution in [2.24, 2.45) is 0 Å². The van der Waals surface area contributed by atoms with Gasteiger partial charge in [0.2, 0.25) is 5.79 Å². The highest BCUT2D eigenvalue weighted by Gasteiger charge is 2.59. The van der Waals surface area contributed by atoms with Crippen molar-refractivity contribution in [2.45, 2.75) is 30.7 Å². The maximum Gasteiger partial charge on any atom is 0.338 e. The Labute approximate surface area is 144 Å². The summed E-state index contributed by atoms with van der Waals surface area (Å²) in [5, 5.41) is 20.9. The van der Waals surface area contributed by atoms with Gasteiger partial charge in [0, 0.05) is 5.56 Å². The SMILES string of the molecule is O=C(OC[C@H]1O[C@@]2(OCc3ccccc32)[C@H](O)[C@@H]1O)c1ccccc1. The van der Waals surface area contributed by atoms with Gasteiger partial charge in [0.1, 0.15) is 24.9 Å². The molecule has 4 rings (SSSR count). The molecular formula is C19H18O6. The van der Waals surface area contributed by atoms with E-state index in [4.69, 9.17) is 14.2 Å². The Kier molecular flexibility index (Phi) is 4.05. The molecule has 1 saturated heterocycles. The van der Waals surface area contributed by atoms with Crippen molar-refractivity contribution in [3.05, 3.63) is 71.3 Å². The van der Waals surface area contributed by atoms with Gasteiger partial charge in [0.05, 0.1) is 12.2 Å². The summed E-state index contributed by atoms with van der Waals surface area (Å²) in [7, 11) is 0. The zero-order valence-electron chi connectivity index (χ0n) is 13.4. The maximum atomic E-state index is 12.0. The highest BCUT2D eigenvalue weighted by molar-refractivity contribution is 5.89. The summed E-state index contributed by atoms with van der Waals surface area (Å²) in [6, 6.07) is 15.9. The first-order valence-electron chi connectivity index (χ1n) is 8.10. The molecule has 0 bridgehead atoms. The van der Waals surface area contributed by atoms with Crippen LogP contribution in [0.3, 0.4) is 0 Å². The topological polar surface area (TPSA) is 85.2 Å². The first-order valence-corrected chi connectivity index (χ1v) is 8.10. The van der Waals surface area contributed by atoms with Crippen LogP contribution in [0.4, 0.5) is 0 Å². The lowest BCUT2D eigenvalue weighted by molar-refractivity contribution is -0.262. The van der Waals surface area contributed by atoms with E-state index < -0.39 is 30.1 Å². The zero-order chi connectivity index (χ0) is 17.4. The molecule has 2 aliphatic rings. The van der Waals surface area contributed by atoms with Gasteiger partial charge in [-0.05, 0) is 17.7 Å². The second kappa shape index (κ2) is 6.24. The number of aliphatic hydroxyl groups excluding tert-OH is 2. The lowest BCUT2D eigenvalue weighted by Crippen LogP contribution is -2.40. The van der Waals surface area contributed by atoms with Crippen LogP contribution in [0.2, 0.25) is 0 Å². The van der Waals surface area contributed by atoms with E-state index in [1.165, 1.54) is 0 Å². The Morgan fingerprint density at radius 2 is 1.84 bits per heavy atom. The fourth-order valence-corrected chi connectivity index (χ4v) is 3.33. The van der Waals surface area contributed by atoms with Crippen molar-refractivity contribution >= 4 is 5.97 Å². The van der Waals surface area contributed by atoms with Gasteiger partial charge in [0.25, 0.3) is 0 Å². The minimum absolute atomic E-state index is 0.181. The van der Waals surface area contributed by atoms with Crippen LogP contribution in [0.15, 0.2) is 54.6 Å². The van der Waals surface area contributed by atoms with E-state index >= 15 is 0 Å². The fraction of sp³-hybridized carbons (Fsp3) is 0.316. The smallest absolute Gasteiger partial charge is 0.338 e. The molecule has 0 amide bonds. The number of carbonyl (C=O) groups excluding carboxylic acids is 1. The minimum Gasteiger partial charge on any atom is -0.459 e. The monoisotopic (exact) mass is 342 g/mol. The van der Waals surface area contributed by atoms with E-state index in [0.29, 0.717) is 11.1 Å². The average molecular weight is 342 g/mol. The van der Waals surface area contributed by atoms with Gasteiger partial charge >= 0.3 is 5.97 Å². The molecule has 4 atom stereocenters. The summed E-state index contributed by atoms with van der Waals surface area (Å²) in [6.07, 6.45) is -3.37. The van der Waals surface area contributed by atoms with Crippen molar-refractivity contribution in [1.82, 2.24) is 0 Å². The van der Waals surface area contributed by atoms with Gasteiger partial charge in [-0.15, -0.1) is 0 Å². The van der Waals surface area contributed by atoms with Gasteiger partial charge in [-0.2, -0.15) is 0 Å². The number of fused-ring (bicyclic) bond motifs is 2. The van der Waals surface area contributed by atoms with E-state index in [0.717, 1.165) is 5.56 Å². The normalized spacial score (nSPS) is 30.4. The number of hydrogen-bond donors (Lipinski definition) is 2. The number of carbonyl (C=O) groups is 1. The highest BCUT2D eigenvalue weighted by atomic mass is 16.7. The first kappa shape index (κ1) is 16.2. The van der Waals surface area contributed by atoms with E-state index in [-0.39, 0.29) is 13.2 Å². The van der Waals surface area contributed by atoms with Crippen molar-refractivity contribution in [1.29, 1.82) is 0 Å². The molecule has 1 spiro atoms. The largest absolute Gasteiger partial charge is 0.459 e. The molecule has 2 heterocycles. The zero-order valence-corrected chi connectivity index (χ0v) is 13.4. The number of hydrogen-bond acceptors (Lipinski definition) is 6. The van der Waals surface area contributed by atoms with Gasteiger partial charge in [-0.25, -0.2) is 4.79 Å². The quantitative estimate of drug-likeness (QED) is 0.819. The van der Waals surface area contributed by atoms with Crippen LogP contribution in [-0.4, -0.2) is 41.1 Å². The number of rotatable bonds is 3. The molecule has 25 heavy (non-hydrogen) atoms. The Hall–Kier alpha value is -2.25. The van der Waals surface area contributed by atoms with Crippen molar-refractivity contribution < 1.29 is 29.2 Å². The molecule has 6 heteroatoms. The first-order chi connectivity index (χ1) is 12.1. The van der Waals surface area contributed by atoms with Crippen LogP contribution in [0.5, 0.6) is 0 Å². The van der Waals surface area contributed by atoms with Gasteiger partial charge in [0.15, 0.2) is 0 Å². The molecule has 2 aromatic rings. The number of aliphatic hydroxyl groups is 2. The molecule has 0 radical (unpaired) electrons. The van der Waals surface area contributed by atoms with Crippen LogP contribution in [0, 0.1) is 0 Å². The molecular weight excluding hydrogens is 324 g/mol.